The van der Waals surface area contributed by atoms with Crippen molar-refractivity contribution in [2.24, 2.45) is 0 Å². The number of nitrogens with one attached hydrogen (secondary N) is 1. The number of benzene rings is 3. The molecule has 0 aliphatic heterocycles. The highest BCUT2D eigenvalue weighted by molar-refractivity contribution is 5.85. The fourth-order valence-corrected chi connectivity index (χ4v) is 2.93. The van der Waals surface area contributed by atoms with Crippen molar-refractivity contribution in [1.82, 2.24) is 0 Å². The summed E-state index contributed by atoms with van der Waals surface area (Å²) in [6.07, 6.45) is 1.52. The third kappa shape index (κ3) is 2.93. The molecule has 0 aliphatic rings. The lowest BCUT2D eigenvalue weighted by atomic mass is 10.1. The van der Waals surface area contributed by atoms with Crippen molar-refractivity contribution < 1.29 is 9.15 Å². The minimum atomic E-state index is -0.0405. The Morgan fingerprint density at radius 3 is 2.50 bits per heavy atom. The number of rotatable bonds is 4. The molecule has 1 aromatic heterocycles. The van der Waals surface area contributed by atoms with E-state index in [1.165, 1.54) is 6.26 Å². The molecule has 0 amide bonds. The van der Waals surface area contributed by atoms with Gasteiger partial charge >= 0.3 is 0 Å². The maximum Gasteiger partial charge on any atom is 0.200 e. The van der Waals surface area contributed by atoms with Crippen molar-refractivity contribution in [1.29, 1.82) is 0 Å². The fourth-order valence-electron chi connectivity index (χ4n) is 2.93. The molecule has 0 spiro atoms. The van der Waals surface area contributed by atoms with E-state index in [0.717, 1.165) is 22.7 Å². The normalized spacial score (nSPS) is 10.7. The molecule has 4 aromatic rings. The van der Waals surface area contributed by atoms with Crippen LogP contribution in [0, 0.1) is 0 Å². The lowest BCUT2D eigenvalue weighted by Crippen LogP contribution is -2.05. The van der Waals surface area contributed by atoms with Gasteiger partial charge in [-0.1, -0.05) is 42.5 Å². The Labute approximate surface area is 150 Å². The van der Waals surface area contributed by atoms with E-state index in [4.69, 9.17) is 9.15 Å². The van der Waals surface area contributed by atoms with Crippen LogP contribution in [0.4, 0.5) is 11.4 Å². The topological polar surface area (TPSA) is 51.5 Å². The Balaban J connectivity index is 1.74. The molecule has 1 N–H and O–H groups in total. The molecule has 0 fully saturated rings. The monoisotopic (exact) mass is 343 g/mol. The minimum absolute atomic E-state index is 0.0405. The maximum absolute atomic E-state index is 12.8. The number of ether oxygens (including phenoxy) is 1. The van der Waals surface area contributed by atoms with Crippen LogP contribution in [0.25, 0.3) is 22.1 Å². The molecular formula is C22H17NO3. The van der Waals surface area contributed by atoms with Crippen LogP contribution in [-0.2, 0) is 0 Å². The van der Waals surface area contributed by atoms with Gasteiger partial charge in [0, 0.05) is 11.8 Å². The first kappa shape index (κ1) is 16.0. The van der Waals surface area contributed by atoms with Gasteiger partial charge in [0.1, 0.15) is 17.6 Å². The lowest BCUT2D eigenvalue weighted by molar-refractivity contribution is 0.417. The quantitative estimate of drug-likeness (QED) is 0.552. The fraction of sp³-hybridized carbons (Fsp3) is 0.0455. The first-order valence-electron chi connectivity index (χ1n) is 8.27. The van der Waals surface area contributed by atoms with Crippen LogP contribution >= 0.6 is 0 Å². The number of fused-ring (bicyclic) bond motifs is 1. The third-order valence-electron chi connectivity index (χ3n) is 4.25. The summed E-state index contributed by atoms with van der Waals surface area (Å²) in [5.41, 5.74) is 3.56. The Morgan fingerprint density at radius 1 is 0.923 bits per heavy atom. The van der Waals surface area contributed by atoms with Crippen LogP contribution in [0.15, 0.2) is 88.3 Å². The van der Waals surface area contributed by atoms with E-state index >= 15 is 0 Å². The van der Waals surface area contributed by atoms with Crippen LogP contribution in [-0.4, -0.2) is 7.11 Å². The number of para-hydroxylation sites is 2. The van der Waals surface area contributed by atoms with Gasteiger partial charge in [0.2, 0.25) is 0 Å². The van der Waals surface area contributed by atoms with E-state index in [1.807, 2.05) is 66.7 Å². The van der Waals surface area contributed by atoms with Gasteiger partial charge in [-0.15, -0.1) is 0 Å². The number of hydrogen-bond acceptors (Lipinski definition) is 4. The second-order valence-corrected chi connectivity index (χ2v) is 5.88. The van der Waals surface area contributed by atoms with Crippen LogP contribution in [0.1, 0.15) is 0 Å². The highest BCUT2D eigenvalue weighted by Crippen LogP contribution is 2.28. The smallest absolute Gasteiger partial charge is 0.200 e. The van der Waals surface area contributed by atoms with Crippen molar-refractivity contribution in [3.63, 3.8) is 0 Å². The second-order valence-electron chi connectivity index (χ2n) is 5.88. The van der Waals surface area contributed by atoms with E-state index in [9.17, 15) is 4.79 Å². The van der Waals surface area contributed by atoms with Crippen molar-refractivity contribution in [2.75, 3.05) is 12.4 Å². The van der Waals surface area contributed by atoms with Crippen LogP contribution < -0.4 is 15.5 Å². The standard InChI is InChI=1S/C22H17NO3/c1-25-20-10-6-5-9-19(20)23-16-11-12-17-21(13-16)26-14-18(22(17)24)15-7-3-2-4-8-15/h2-14,23H,1H3. The van der Waals surface area contributed by atoms with Crippen molar-refractivity contribution in [3.8, 4) is 16.9 Å². The van der Waals surface area contributed by atoms with Crippen LogP contribution in [0.3, 0.4) is 0 Å². The van der Waals surface area contributed by atoms with E-state index < -0.39 is 0 Å². The highest BCUT2D eigenvalue weighted by Gasteiger charge is 2.10. The molecule has 0 aliphatic carbocycles. The molecule has 4 nitrogen and oxygen atoms in total. The third-order valence-corrected chi connectivity index (χ3v) is 4.25. The summed E-state index contributed by atoms with van der Waals surface area (Å²) in [6.45, 7) is 0. The minimum Gasteiger partial charge on any atom is -0.495 e. The Kier molecular flexibility index (Phi) is 4.15. The molecular weight excluding hydrogens is 326 g/mol. The zero-order valence-electron chi connectivity index (χ0n) is 14.2. The Hall–Kier alpha value is -3.53. The molecule has 0 saturated heterocycles. The van der Waals surface area contributed by atoms with Crippen molar-refractivity contribution >= 4 is 22.3 Å². The summed E-state index contributed by atoms with van der Waals surface area (Å²) in [5.74, 6) is 0.744. The summed E-state index contributed by atoms with van der Waals surface area (Å²) in [6, 6.07) is 22.6. The average molecular weight is 343 g/mol. The molecule has 128 valence electrons. The van der Waals surface area contributed by atoms with Gasteiger partial charge in [0.15, 0.2) is 5.43 Å². The summed E-state index contributed by atoms with van der Waals surface area (Å²) in [4.78, 5) is 12.8. The number of methoxy groups -OCH3 is 1. The molecule has 26 heavy (non-hydrogen) atoms. The van der Waals surface area contributed by atoms with Gasteiger partial charge < -0.3 is 14.5 Å². The highest BCUT2D eigenvalue weighted by atomic mass is 16.5. The predicted molar refractivity (Wildman–Crippen MR) is 104 cm³/mol. The summed E-state index contributed by atoms with van der Waals surface area (Å²) >= 11 is 0. The summed E-state index contributed by atoms with van der Waals surface area (Å²) in [5, 5.41) is 3.85. The van der Waals surface area contributed by atoms with E-state index in [-0.39, 0.29) is 5.43 Å². The Morgan fingerprint density at radius 2 is 1.69 bits per heavy atom. The van der Waals surface area contributed by atoms with Gasteiger partial charge in [-0.25, -0.2) is 0 Å². The molecule has 4 rings (SSSR count). The van der Waals surface area contributed by atoms with Gasteiger partial charge in [-0.2, -0.15) is 0 Å². The zero-order valence-corrected chi connectivity index (χ0v) is 14.2. The maximum atomic E-state index is 12.8. The van der Waals surface area contributed by atoms with E-state index in [2.05, 4.69) is 5.32 Å². The summed E-state index contributed by atoms with van der Waals surface area (Å²) < 4.78 is 11.1. The average Bonchev–Trinajstić information content (AvgIpc) is 2.69. The predicted octanol–water partition coefficient (Wildman–Crippen LogP) is 5.21. The molecule has 4 heteroatoms. The van der Waals surface area contributed by atoms with Crippen molar-refractivity contribution in [2.45, 2.75) is 0 Å². The Bertz CT molecular complexity index is 1120. The summed E-state index contributed by atoms with van der Waals surface area (Å²) in [7, 11) is 1.63. The second kappa shape index (κ2) is 6.76. The number of anilines is 2. The van der Waals surface area contributed by atoms with Gasteiger partial charge in [0.25, 0.3) is 0 Å². The first-order chi connectivity index (χ1) is 12.8. The van der Waals surface area contributed by atoms with E-state index in [1.54, 1.807) is 13.2 Å². The van der Waals surface area contributed by atoms with Gasteiger partial charge in [-0.3, -0.25) is 4.79 Å². The molecule has 0 radical (unpaired) electrons. The van der Waals surface area contributed by atoms with Gasteiger partial charge in [-0.05, 0) is 29.8 Å². The number of hydrogen-bond donors (Lipinski definition) is 1. The molecule has 0 unspecified atom stereocenters. The SMILES string of the molecule is COc1ccccc1Nc1ccc2c(=O)c(-c3ccccc3)coc2c1. The van der Waals surface area contributed by atoms with Gasteiger partial charge in [0.05, 0.1) is 23.7 Å². The molecule has 1 heterocycles. The van der Waals surface area contributed by atoms with Crippen LogP contribution in [0.2, 0.25) is 0 Å². The largest absolute Gasteiger partial charge is 0.495 e. The van der Waals surface area contributed by atoms with Crippen LogP contribution in [0.5, 0.6) is 5.75 Å². The first-order valence-corrected chi connectivity index (χ1v) is 8.27. The van der Waals surface area contributed by atoms with Crippen molar-refractivity contribution in [3.05, 3.63) is 89.3 Å². The van der Waals surface area contributed by atoms with E-state index in [0.29, 0.717) is 16.5 Å². The molecule has 0 saturated carbocycles. The molecule has 3 aromatic carbocycles. The zero-order chi connectivity index (χ0) is 17.9. The molecule has 0 bridgehead atoms. The molecule has 0 atom stereocenters. The lowest BCUT2D eigenvalue weighted by Gasteiger charge is -2.11.